The first kappa shape index (κ1) is 13.7. The molecule has 0 spiro atoms. The molecular weight excluding hydrogens is 244 g/mol. The average Bonchev–Trinajstić information content (AvgIpc) is 2.98. The Hall–Kier alpha value is -1.75. The molecule has 0 aromatic heterocycles. The van der Waals surface area contributed by atoms with Crippen molar-refractivity contribution >= 4 is 5.91 Å². The van der Waals surface area contributed by atoms with Gasteiger partial charge in [-0.1, -0.05) is 0 Å². The van der Waals surface area contributed by atoms with E-state index in [1.165, 1.54) is 0 Å². The molecule has 1 fully saturated rings. The molecule has 0 aliphatic carbocycles. The van der Waals surface area contributed by atoms with Crippen LogP contribution < -0.4 is 15.2 Å². The van der Waals surface area contributed by atoms with Gasteiger partial charge >= 0.3 is 0 Å². The average molecular weight is 264 g/mol. The zero-order chi connectivity index (χ0) is 13.7. The van der Waals surface area contributed by atoms with E-state index in [0.29, 0.717) is 12.3 Å². The van der Waals surface area contributed by atoms with Gasteiger partial charge in [-0.2, -0.15) is 0 Å². The Kier molecular flexibility index (Phi) is 4.63. The Bertz CT molecular complexity index is 442. The first-order chi connectivity index (χ1) is 9.24. The maximum Gasteiger partial charge on any atom is 0.260 e. The molecule has 0 radical (unpaired) electrons. The van der Waals surface area contributed by atoms with Crippen molar-refractivity contribution in [3.05, 3.63) is 23.8 Å². The predicted octanol–water partition coefficient (Wildman–Crippen LogP) is 1.16. The predicted molar refractivity (Wildman–Crippen MR) is 72.2 cm³/mol. The second-order valence-electron chi connectivity index (χ2n) is 4.55. The molecule has 1 heterocycles. The zero-order valence-corrected chi connectivity index (χ0v) is 11.2. The van der Waals surface area contributed by atoms with Crippen LogP contribution in [0.4, 0.5) is 0 Å². The van der Waals surface area contributed by atoms with Crippen LogP contribution in [0, 0.1) is 0 Å². The van der Waals surface area contributed by atoms with E-state index >= 15 is 0 Å². The Morgan fingerprint density at radius 2 is 2.11 bits per heavy atom. The molecule has 1 aliphatic rings. The molecular formula is C14H20N2O3. The summed E-state index contributed by atoms with van der Waals surface area (Å²) in [4.78, 5) is 13.7. The smallest absolute Gasteiger partial charge is 0.260 e. The van der Waals surface area contributed by atoms with Gasteiger partial charge in [-0.05, 0) is 31.0 Å². The van der Waals surface area contributed by atoms with Crippen molar-refractivity contribution in [3.63, 3.8) is 0 Å². The minimum absolute atomic E-state index is 0.0382. The van der Waals surface area contributed by atoms with Gasteiger partial charge < -0.3 is 20.1 Å². The lowest BCUT2D eigenvalue weighted by Crippen LogP contribution is -2.32. The third-order valence-electron chi connectivity index (χ3n) is 3.30. The third-order valence-corrected chi connectivity index (χ3v) is 3.30. The minimum Gasteiger partial charge on any atom is -0.497 e. The molecule has 1 aromatic carbocycles. The topological polar surface area (TPSA) is 64.8 Å². The van der Waals surface area contributed by atoms with Crippen molar-refractivity contribution < 1.29 is 14.3 Å². The molecule has 2 N–H and O–H groups in total. The number of ether oxygens (including phenoxy) is 2. The van der Waals surface area contributed by atoms with E-state index in [4.69, 9.17) is 15.2 Å². The van der Waals surface area contributed by atoms with Crippen molar-refractivity contribution in [1.29, 1.82) is 0 Å². The lowest BCUT2D eigenvalue weighted by Gasteiger charge is -2.17. The van der Waals surface area contributed by atoms with Gasteiger partial charge in [-0.25, -0.2) is 0 Å². The zero-order valence-electron chi connectivity index (χ0n) is 11.2. The van der Waals surface area contributed by atoms with Gasteiger partial charge in [0.2, 0.25) is 0 Å². The van der Waals surface area contributed by atoms with Crippen LogP contribution in [0.15, 0.2) is 18.2 Å². The number of likely N-dealkylation sites (tertiary alicyclic amines) is 1. The molecule has 1 aromatic rings. The molecule has 1 saturated heterocycles. The number of hydrogen-bond acceptors (Lipinski definition) is 4. The summed E-state index contributed by atoms with van der Waals surface area (Å²) in [7, 11) is 1.60. The van der Waals surface area contributed by atoms with Gasteiger partial charge in [-0.15, -0.1) is 0 Å². The monoisotopic (exact) mass is 264 g/mol. The maximum absolute atomic E-state index is 11.9. The Morgan fingerprint density at radius 1 is 1.37 bits per heavy atom. The third kappa shape index (κ3) is 3.38. The van der Waals surface area contributed by atoms with Crippen molar-refractivity contribution in [2.75, 3.05) is 26.8 Å². The molecule has 0 bridgehead atoms. The van der Waals surface area contributed by atoms with Crippen LogP contribution in [0.5, 0.6) is 11.5 Å². The van der Waals surface area contributed by atoms with E-state index < -0.39 is 0 Å². The Balaban J connectivity index is 1.96. The van der Waals surface area contributed by atoms with Crippen molar-refractivity contribution in [1.82, 2.24) is 4.90 Å². The molecule has 0 atom stereocenters. The van der Waals surface area contributed by atoms with Crippen LogP contribution in [0.1, 0.15) is 18.4 Å². The van der Waals surface area contributed by atoms with Gasteiger partial charge in [-0.3, -0.25) is 4.79 Å². The fourth-order valence-corrected chi connectivity index (χ4v) is 2.18. The van der Waals surface area contributed by atoms with E-state index in [-0.39, 0.29) is 12.5 Å². The molecule has 5 nitrogen and oxygen atoms in total. The highest BCUT2D eigenvalue weighted by molar-refractivity contribution is 5.78. The molecule has 104 valence electrons. The first-order valence-electron chi connectivity index (χ1n) is 6.52. The lowest BCUT2D eigenvalue weighted by atomic mass is 10.2. The molecule has 0 unspecified atom stereocenters. The van der Waals surface area contributed by atoms with Crippen molar-refractivity contribution in [3.8, 4) is 11.5 Å². The molecule has 1 amide bonds. The van der Waals surface area contributed by atoms with Crippen molar-refractivity contribution in [2.24, 2.45) is 5.73 Å². The molecule has 5 heteroatoms. The normalized spacial score (nSPS) is 14.5. The Morgan fingerprint density at radius 3 is 2.74 bits per heavy atom. The number of benzene rings is 1. The van der Waals surface area contributed by atoms with E-state index in [2.05, 4.69) is 0 Å². The van der Waals surface area contributed by atoms with E-state index in [1.807, 2.05) is 11.0 Å². The number of nitrogens with two attached hydrogens (primary N) is 1. The molecule has 2 rings (SSSR count). The molecule has 0 saturated carbocycles. The van der Waals surface area contributed by atoms with Crippen LogP contribution in [0.2, 0.25) is 0 Å². The quantitative estimate of drug-likeness (QED) is 0.866. The Labute approximate surface area is 113 Å². The number of methoxy groups -OCH3 is 1. The second kappa shape index (κ2) is 6.43. The standard InChI is InChI=1S/C14H20N2O3/c1-18-12-4-5-13(11(8-12)9-15)19-10-14(17)16-6-2-3-7-16/h4-5,8H,2-3,6-7,9-10,15H2,1H3. The van der Waals surface area contributed by atoms with E-state index in [0.717, 1.165) is 37.2 Å². The van der Waals surface area contributed by atoms with Crippen LogP contribution in [0.25, 0.3) is 0 Å². The number of rotatable bonds is 5. The minimum atomic E-state index is 0.0382. The first-order valence-corrected chi connectivity index (χ1v) is 6.52. The molecule has 1 aliphatic heterocycles. The van der Waals surface area contributed by atoms with E-state index in [1.54, 1.807) is 19.2 Å². The summed E-state index contributed by atoms with van der Waals surface area (Å²) in [5.74, 6) is 1.42. The van der Waals surface area contributed by atoms with Gasteiger partial charge in [0.15, 0.2) is 6.61 Å². The number of carbonyl (C=O) groups is 1. The van der Waals surface area contributed by atoms with Gasteiger partial charge in [0, 0.05) is 25.2 Å². The van der Waals surface area contributed by atoms with E-state index in [9.17, 15) is 4.79 Å². The summed E-state index contributed by atoms with van der Waals surface area (Å²) in [6, 6.07) is 5.42. The number of carbonyl (C=O) groups excluding carboxylic acids is 1. The summed E-state index contributed by atoms with van der Waals surface area (Å²) in [6.07, 6.45) is 2.17. The largest absolute Gasteiger partial charge is 0.497 e. The van der Waals surface area contributed by atoms with Crippen LogP contribution in [0.3, 0.4) is 0 Å². The van der Waals surface area contributed by atoms with Crippen LogP contribution in [-0.2, 0) is 11.3 Å². The lowest BCUT2D eigenvalue weighted by molar-refractivity contribution is -0.132. The van der Waals surface area contributed by atoms with Gasteiger partial charge in [0.05, 0.1) is 7.11 Å². The maximum atomic E-state index is 11.9. The summed E-state index contributed by atoms with van der Waals surface area (Å²) in [6.45, 7) is 2.10. The highest BCUT2D eigenvalue weighted by Gasteiger charge is 2.18. The second-order valence-corrected chi connectivity index (χ2v) is 4.55. The summed E-state index contributed by atoms with van der Waals surface area (Å²) >= 11 is 0. The fourth-order valence-electron chi connectivity index (χ4n) is 2.18. The highest BCUT2D eigenvalue weighted by atomic mass is 16.5. The number of nitrogens with zero attached hydrogens (tertiary/aromatic N) is 1. The van der Waals surface area contributed by atoms with Gasteiger partial charge in [0.1, 0.15) is 11.5 Å². The fraction of sp³-hybridized carbons (Fsp3) is 0.500. The van der Waals surface area contributed by atoms with Gasteiger partial charge in [0.25, 0.3) is 5.91 Å². The number of amides is 1. The highest BCUT2D eigenvalue weighted by Crippen LogP contribution is 2.23. The number of hydrogen-bond donors (Lipinski definition) is 1. The molecule has 19 heavy (non-hydrogen) atoms. The summed E-state index contributed by atoms with van der Waals surface area (Å²) in [5, 5.41) is 0. The van der Waals surface area contributed by atoms with Crippen LogP contribution >= 0.6 is 0 Å². The SMILES string of the molecule is COc1ccc(OCC(=O)N2CCCC2)c(CN)c1. The summed E-state index contributed by atoms with van der Waals surface area (Å²) in [5.41, 5.74) is 6.51. The van der Waals surface area contributed by atoms with Crippen LogP contribution in [-0.4, -0.2) is 37.6 Å². The summed E-state index contributed by atoms with van der Waals surface area (Å²) < 4.78 is 10.7. The van der Waals surface area contributed by atoms with Crippen molar-refractivity contribution in [2.45, 2.75) is 19.4 Å².